The standard InChI is InChI=1S/C27H36F3N3O2S.C2H6/c1-5-25(31(4)19-21-10-7-6-8-11-21)26(34)32-16-14-23(15-17-32)33(20(2)3)36(35)24-13-9-12-22(18-24)27(28,29)30;1-2/h6-13,18,20,23,25H,5,14-17,19H2,1-4H3;1-2H3. The highest BCUT2D eigenvalue weighted by atomic mass is 32.2. The number of amides is 1. The van der Waals surface area contributed by atoms with Gasteiger partial charge in [-0.2, -0.15) is 13.2 Å². The van der Waals surface area contributed by atoms with Crippen LogP contribution in [0.1, 0.15) is 65.0 Å². The summed E-state index contributed by atoms with van der Waals surface area (Å²) < 4.78 is 54.7. The van der Waals surface area contributed by atoms with Gasteiger partial charge < -0.3 is 4.90 Å². The lowest BCUT2D eigenvalue weighted by molar-refractivity contribution is -0.138. The fourth-order valence-corrected chi connectivity index (χ4v) is 6.39. The molecule has 1 fully saturated rings. The lowest BCUT2D eigenvalue weighted by atomic mass is 10.0. The minimum absolute atomic E-state index is 0.0875. The van der Waals surface area contributed by atoms with Crippen molar-refractivity contribution in [1.29, 1.82) is 0 Å². The van der Waals surface area contributed by atoms with Crippen LogP contribution in [0.4, 0.5) is 13.2 Å². The van der Waals surface area contributed by atoms with Gasteiger partial charge in [0.15, 0.2) is 0 Å². The first-order valence-corrected chi connectivity index (χ1v) is 14.5. The molecule has 38 heavy (non-hydrogen) atoms. The van der Waals surface area contributed by atoms with Crippen LogP contribution in [0.15, 0.2) is 59.5 Å². The van der Waals surface area contributed by atoms with Gasteiger partial charge in [-0.15, -0.1) is 0 Å². The van der Waals surface area contributed by atoms with Crippen molar-refractivity contribution in [2.45, 2.75) is 89.6 Å². The first-order chi connectivity index (χ1) is 18.0. The Morgan fingerprint density at radius 3 is 2.18 bits per heavy atom. The molecule has 0 aliphatic carbocycles. The first-order valence-electron chi connectivity index (χ1n) is 13.4. The molecule has 1 heterocycles. The van der Waals surface area contributed by atoms with E-state index in [9.17, 15) is 22.2 Å². The SMILES string of the molecule is CC.CCC(C(=O)N1CCC(N(C(C)C)S(=O)c2cccc(C(F)(F)F)c2)CC1)N(C)Cc1ccccc1. The normalized spacial score (nSPS) is 16.4. The van der Waals surface area contributed by atoms with Gasteiger partial charge in [-0.1, -0.05) is 57.2 Å². The molecule has 0 radical (unpaired) electrons. The number of halogens is 3. The quantitative estimate of drug-likeness (QED) is 0.363. The van der Waals surface area contributed by atoms with E-state index in [0.29, 0.717) is 38.9 Å². The van der Waals surface area contributed by atoms with Crippen molar-refractivity contribution in [3.05, 3.63) is 65.7 Å². The van der Waals surface area contributed by atoms with Crippen molar-refractivity contribution in [3.63, 3.8) is 0 Å². The van der Waals surface area contributed by atoms with E-state index in [-0.39, 0.29) is 28.9 Å². The first kappa shape index (κ1) is 32.0. The van der Waals surface area contributed by atoms with Gasteiger partial charge in [-0.3, -0.25) is 9.69 Å². The highest BCUT2D eigenvalue weighted by molar-refractivity contribution is 7.82. The zero-order chi connectivity index (χ0) is 28.5. The molecule has 0 saturated carbocycles. The van der Waals surface area contributed by atoms with Gasteiger partial charge in [-0.25, -0.2) is 8.51 Å². The summed E-state index contributed by atoms with van der Waals surface area (Å²) in [5.41, 5.74) is 0.345. The third kappa shape index (κ3) is 8.38. The van der Waals surface area contributed by atoms with Crippen LogP contribution in [0.25, 0.3) is 0 Å². The van der Waals surface area contributed by atoms with Gasteiger partial charge in [0.05, 0.1) is 16.5 Å². The molecule has 0 spiro atoms. The molecule has 1 aliphatic rings. The molecule has 2 unspecified atom stereocenters. The molecular formula is C29H42F3N3O2S. The summed E-state index contributed by atoms with van der Waals surface area (Å²) in [4.78, 5) is 17.5. The highest BCUT2D eigenvalue weighted by Gasteiger charge is 2.36. The fraction of sp³-hybridized carbons (Fsp3) is 0.552. The maximum Gasteiger partial charge on any atom is 0.416 e. The van der Waals surface area contributed by atoms with Crippen LogP contribution in [-0.4, -0.2) is 62.5 Å². The summed E-state index contributed by atoms with van der Waals surface area (Å²) in [6.07, 6.45) is -2.56. The van der Waals surface area contributed by atoms with Crippen LogP contribution < -0.4 is 0 Å². The van der Waals surface area contributed by atoms with Crippen molar-refractivity contribution >= 4 is 16.9 Å². The molecule has 9 heteroatoms. The zero-order valence-corrected chi connectivity index (χ0v) is 24.2. The molecule has 0 aromatic heterocycles. The number of piperidine rings is 1. The molecule has 2 aromatic carbocycles. The van der Waals surface area contributed by atoms with Crippen LogP contribution in [0.5, 0.6) is 0 Å². The zero-order valence-electron chi connectivity index (χ0n) is 23.4. The Kier molecular flexibility index (Phi) is 12.5. The van der Waals surface area contributed by atoms with Gasteiger partial charge >= 0.3 is 6.18 Å². The molecular weight excluding hydrogens is 511 g/mol. The Morgan fingerprint density at radius 2 is 1.66 bits per heavy atom. The van der Waals surface area contributed by atoms with E-state index >= 15 is 0 Å². The summed E-state index contributed by atoms with van der Waals surface area (Å²) in [5.74, 6) is 0.0875. The van der Waals surface area contributed by atoms with Gasteiger partial charge in [0.2, 0.25) is 5.91 Å². The number of rotatable bonds is 9. The number of likely N-dealkylation sites (N-methyl/N-ethyl adjacent to an activating group) is 1. The van der Waals surface area contributed by atoms with Crippen LogP contribution >= 0.6 is 0 Å². The number of likely N-dealkylation sites (tertiary alicyclic amines) is 1. The lowest BCUT2D eigenvalue weighted by Crippen LogP contribution is -2.53. The molecule has 2 atom stereocenters. The number of carbonyl (C=O) groups excluding carboxylic acids is 1. The summed E-state index contributed by atoms with van der Waals surface area (Å²) in [7, 11) is 0.228. The Labute approximate surface area is 228 Å². The summed E-state index contributed by atoms with van der Waals surface area (Å²) >= 11 is 0. The highest BCUT2D eigenvalue weighted by Crippen LogP contribution is 2.32. The Bertz CT molecular complexity index is 1030. The number of alkyl halides is 3. The number of carbonyl (C=O) groups is 1. The third-order valence-corrected chi connectivity index (χ3v) is 8.44. The summed E-state index contributed by atoms with van der Waals surface area (Å²) in [6, 6.07) is 14.3. The molecule has 5 nitrogen and oxygen atoms in total. The van der Waals surface area contributed by atoms with E-state index in [2.05, 4.69) is 4.90 Å². The van der Waals surface area contributed by atoms with E-state index in [1.165, 1.54) is 12.1 Å². The maximum absolute atomic E-state index is 13.4. The topological polar surface area (TPSA) is 43.9 Å². The Hall–Kier alpha value is -2.23. The Morgan fingerprint density at radius 1 is 1.05 bits per heavy atom. The second-order valence-corrected chi connectivity index (χ2v) is 11.0. The van der Waals surface area contributed by atoms with Crippen molar-refractivity contribution in [3.8, 4) is 0 Å². The molecule has 1 aliphatic heterocycles. The maximum atomic E-state index is 13.4. The number of nitrogens with zero attached hydrogens (tertiary/aromatic N) is 3. The summed E-state index contributed by atoms with van der Waals surface area (Å²) in [5, 5.41) is 0. The molecule has 1 amide bonds. The molecule has 3 rings (SSSR count). The largest absolute Gasteiger partial charge is 0.416 e. The van der Waals surface area contributed by atoms with Crippen LogP contribution in [0.2, 0.25) is 0 Å². The molecule has 0 N–H and O–H groups in total. The molecule has 0 bridgehead atoms. The molecule has 212 valence electrons. The second kappa shape index (κ2) is 14.8. The van der Waals surface area contributed by atoms with Gasteiger partial charge in [-0.05, 0) is 63.9 Å². The van der Waals surface area contributed by atoms with Crippen molar-refractivity contribution in [2.75, 3.05) is 20.1 Å². The van der Waals surface area contributed by atoms with Crippen molar-refractivity contribution in [2.24, 2.45) is 0 Å². The number of hydrogen-bond donors (Lipinski definition) is 0. The van der Waals surface area contributed by atoms with E-state index < -0.39 is 22.7 Å². The van der Waals surface area contributed by atoms with E-state index in [0.717, 1.165) is 17.7 Å². The van der Waals surface area contributed by atoms with Gasteiger partial charge in [0.25, 0.3) is 0 Å². The predicted octanol–water partition coefficient (Wildman–Crippen LogP) is 6.37. The molecule has 2 aromatic rings. The van der Waals surface area contributed by atoms with Crippen molar-refractivity contribution < 1.29 is 22.2 Å². The minimum atomic E-state index is -4.49. The second-order valence-electron chi connectivity index (χ2n) is 9.61. The van der Waals surface area contributed by atoms with E-state index in [1.54, 1.807) is 4.31 Å². The smallest absolute Gasteiger partial charge is 0.341 e. The van der Waals surface area contributed by atoms with Crippen molar-refractivity contribution in [1.82, 2.24) is 14.1 Å². The minimum Gasteiger partial charge on any atom is -0.341 e. The average molecular weight is 554 g/mol. The van der Waals surface area contributed by atoms with Gasteiger partial charge in [0.1, 0.15) is 11.0 Å². The molecule has 1 saturated heterocycles. The fourth-order valence-electron chi connectivity index (χ4n) is 4.86. The van der Waals surface area contributed by atoms with Gasteiger partial charge in [0, 0.05) is 31.7 Å². The predicted molar refractivity (Wildman–Crippen MR) is 148 cm³/mol. The van der Waals surface area contributed by atoms with E-state index in [1.807, 2.05) is 76.9 Å². The van der Waals surface area contributed by atoms with E-state index in [4.69, 9.17) is 0 Å². The van der Waals surface area contributed by atoms with Crippen LogP contribution in [-0.2, 0) is 28.5 Å². The van der Waals surface area contributed by atoms with Crippen LogP contribution in [0, 0.1) is 0 Å². The summed E-state index contributed by atoms with van der Waals surface area (Å²) in [6.45, 7) is 11.5. The third-order valence-electron chi connectivity index (χ3n) is 6.68. The monoisotopic (exact) mass is 553 g/mol. The average Bonchev–Trinajstić information content (AvgIpc) is 2.90. The number of benzene rings is 2. The lowest BCUT2D eigenvalue weighted by Gasteiger charge is -2.41. The van der Waals surface area contributed by atoms with Crippen LogP contribution in [0.3, 0.4) is 0 Å². The Balaban J connectivity index is 0.00000247. The number of hydrogen-bond acceptors (Lipinski definition) is 3.